The molecule has 0 aliphatic heterocycles. The number of aromatic amines is 1. The van der Waals surface area contributed by atoms with Crippen LogP contribution in [-0.4, -0.2) is 9.97 Å². The predicted molar refractivity (Wildman–Crippen MR) is 88.8 cm³/mol. The van der Waals surface area contributed by atoms with Crippen LogP contribution >= 0.6 is 27.5 Å². The van der Waals surface area contributed by atoms with E-state index in [0.29, 0.717) is 28.3 Å². The normalized spacial score (nSPS) is 10.8. The number of aromatic nitrogens is 2. The van der Waals surface area contributed by atoms with Crippen molar-refractivity contribution in [2.24, 2.45) is 0 Å². The summed E-state index contributed by atoms with van der Waals surface area (Å²) < 4.78 is 0.912. The second-order valence-electron chi connectivity index (χ2n) is 4.51. The molecule has 0 fully saturated rings. The van der Waals surface area contributed by atoms with Gasteiger partial charge in [-0.05, 0) is 30.3 Å². The van der Waals surface area contributed by atoms with Gasteiger partial charge in [0.05, 0.1) is 28.2 Å². The van der Waals surface area contributed by atoms with Crippen molar-refractivity contribution in [3.05, 3.63) is 68.1 Å². The van der Waals surface area contributed by atoms with Crippen LogP contribution in [0.2, 0.25) is 5.02 Å². The lowest BCUT2D eigenvalue weighted by atomic mass is 10.2. The minimum atomic E-state index is -0.140. The average molecular weight is 365 g/mol. The zero-order chi connectivity index (χ0) is 14.8. The van der Waals surface area contributed by atoms with E-state index >= 15 is 0 Å². The zero-order valence-corrected chi connectivity index (χ0v) is 13.2. The molecule has 1 aromatic heterocycles. The molecular weight excluding hydrogens is 354 g/mol. The van der Waals surface area contributed by atoms with Crippen molar-refractivity contribution in [1.29, 1.82) is 0 Å². The van der Waals surface area contributed by atoms with Gasteiger partial charge in [-0.2, -0.15) is 0 Å². The third kappa shape index (κ3) is 3.09. The largest absolute Gasteiger partial charge is 0.377 e. The van der Waals surface area contributed by atoms with Crippen LogP contribution < -0.4 is 10.9 Å². The van der Waals surface area contributed by atoms with Crippen LogP contribution in [0.25, 0.3) is 10.9 Å². The van der Waals surface area contributed by atoms with Crippen LogP contribution in [0.1, 0.15) is 5.82 Å². The van der Waals surface area contributed by atoms with Crippen molar-refractivity contribution >= 4 is 44.1 Å². The van der Waals surface area contributed by atoms with Gasteiger partial charge in [0.1, 0.15) is 5.82 Å². The number of rotatable bonds is 3. The van der Waals surface area contributed by atoms with E-state index < -0.39 is 0 Å². The summed E-state index contributed by atoms with van der Waals surface area (Å²) in [6, 6.07) is 12.8. The first-order valence-electron chi connectivity index (χ1n) is 6.30. The molecule has 0 aliphatic rings. The van der Waals surface area contributed by atoms with E-state index in [1.807, 2.05) is 30.3 Å². The molecule has 0 unspecified atom stereocenters. The number of benzene rings is 2. The topological polar surface area (TPSA) is 57.8 Å². The summed E-state index contributed by atoms with van der Waals surface area (Å²) in [5.74, 6) is 0.567. The minimum Gasteiger partial charge on any atom is -0.377 e. The van der Waals surface area contributed by atoms with E-state index in [9.17, 15) is 4.79 Å². The second-order valence-corrected chi connectivity index (χ2v) is 5.83. The number of para-hydroxylation sites is 1. The first-order chi connectivity index (χ1) is 10.1. The Kier molecular flexibility index (Phi) is 3.94. The fraction of sp³-hybridized carbons (Fsp3) is 0.0667. The number of hydrogen-bond donors (Lipinski definition) is 2. The predicted octanol–water partition coefficient (Wildman–Crippen LogP) is 3.95. The molecule has 0 aliphatic carbocycles. The average Bonchev–Trinajstić information content (AvgIpc) is 2.46. The monoisotopic (exact) mass is 363 g/mol. The molecule has 0 saturated carbocycles. The summed E-state index contributed by atoms with van der Waals surface area (Å²) in [5.41, 5.74) is 1.33. The molecule has 2 N–H and O–H groups in total. The van der Waals surface area contributed by atoms with Crippen molar-refractivity contribution in [3.63, 3.8) is 0 Å². The molecule has 3 aromatic rings. The number of halogens is 2. The molecule has 0 spiro atoms. The molecule has 106 valence electrons. The summed E-state index contributed by atoms with van der Waals surface area (Å²) in [4.78, 5) is 19.2. The second kappa shape index (κ2) is 5.87. The Balaban J connectivity index is 1.87. The number of anilines is 1. The summed E-state index contributed by atoms with van der Waals surface area (Å²) >= 11 is 9.49. The number of nitrogens with one attached hydrogen (secondary N) is 2. The van der Waals surface area contributed by atoms with Gasteiger partial charge < -0.3 is 10.3 Å². The molecular formula is C15H11BrClN3O. The van der Waals surface area contributed by atoms with Gasteiger partial charge in [-0.1, -0.05) is 39.7 Å². The molecule has 0 bridgehead atoms. The lowest BCUT2D eigenvalue weighted by Crippen LogP contribution is -2.14. The summed E-state index contributed by atoms with van der Waals surface area (Å²) in [7, 11) is 0. The number of fused-ring (bicyclic) bond motifs is 1. The molecule has 21 heavy (non-hydrogen) atoms. The van der Waals surface area contributed by atoms with Crippen LogP contribution in [0.3, 0.4) is 0 Å². The van der Waals surface area contributed by atoms with Gasteiger partial charge >= 0.3 is 0 Å². The highest BCUT2D eigenvalue weighted by atomic mass is 79.9. The van der Waals surface area contributed by atoms with E-state index in [2.05, 4.69) is 31.2 Å². The first-order valence-corrected chi connectivity index (χ1v) is 7.47. The quantitative estimate of drug-likeness (QED) is 0.740. The Morgan fingerprint density at radius 1 is 1.24 bits per heavy atom. The van der Waals surface area contributed by atoms with Crippen molar-refractivity contribution in [2.45, 2.75) is 6.54 Å². The van der Waals surface area contributed by atoms with E-state index in [-0.39, 0.29) is 5.56 Å². The molecule has 3 rings (SSSR count). The maximum Gasteiger partial charge on any atom is 0.258 e. The maximum absolute atomic E-state index is 12.0. The first kappa shape index (κ1) is 14.1. The Morgan fingerprint density at radius 3 is 2.86 bits per heavy atom. The zero-order valence-electron chi connectivity index (χ0n) is 10.9. The number of H-pyrrole nitrogens is 1. The number of hydrogen-bond acceptors (Lipinski definition) is 3. The van der Waals surface area contributed by atoms with Gasteiger partial charge in [0.15, 0.2) is 0 Å². The molecule has 0 amide bonds. The van der Waals surface area contributed by atoms with Gasteiger partial charge in [0, 0.05) is 4.47 Å². The highest BCUT2D eigenvalue weighted by Crippen LogP contribution is 2.25. The smallest absolute Gasteiger partial charge is 0.258 e. The van der Waals surface area contributed by atoms with Crippen LogP contribution in [0.15, 0.2) is 51.7 Å². The van der Waals surface area contributed by atoms with Gasteiger partial charge in [-0.15, -0.1) is 0 Å². The Bertz CT molecular complexity index is 863. The van der Waals surface area contributed by atoms with Gasteiger partial charge in [0.25, 0.3) is 5.56 Å². The van der Waals surface area contributed by atoms with Crippen molar-refractivity contribution < 1.29 is 0 Å². The van der Waals surface area contributed by atoms with Crippen LogP contribution in [-0.2, 0) is 6.54 Å². The van der Waals surface area contributed by atoms with Crippen molar-refractivity contribution in [2.75, 3.05) is 5.32 Å². The molecule has 0 atom stereocenters. The van der Waals surface area contributed by atoms with Crippen LogP contribution in [0, 0.1) is 0 Å². The lowest BCUT2D eigenvalue weighted by molar-refractivity contribution is 0.953. The highest BCUT2D eigenvalue weighted by molar-refractivity contribution is 9.10. The molecule has 4 nitrogen and oxygen atoms in total. The fourth-order valence-corrected chi connectivity index (χ4v) is 2.77. The minimum absolute atomic E-state index is 0.140. The Morgan fingerprint density at radius 2 is 2.05 bits per heavy atom. The van der Waals surface area contributed by atoms with E-state index in [4.69, 9.17) is 11.6 Å². The fourth-order valence-electron chi connectivity index (χ4n) is 2.03. The third-order valence-electron chi connectivity index (χ3n) is 3.04. The maximum atomic E-state index is 12.0. The number of nitrogens with zero attached hydrogens (tertiary/aromatic N) is 1. The SMILES string of the molecule is O=c1[nH]c(CNc2ccc(Br)cc2Cl)nc2ccccc12. The standard InChI is InChI=1S/C15H11BrClN3O/c16-9-5-6-13(11(17)7-9)18-8-14-19-12-4-2-1-3-10(12)15(21)20-14/h1-7,18H,8H2,(H,19,20,21). The van der Waals surface area contributed by atoms with Crippen molar-refractivity contribution in [3.8, 4) is 0 Å². The molecule has 6 heteroatoms. The summed E-state index contributed by atoms with van der Waals surface area (Å²) in [6.45, 7) is 0.390. The van der Waals surface area contributed by atoms with Crippen LogP contribution in [0.5, 0.6) is 0 Å². The Labute approximate surface area is 134 Å². The van der Waals surface area contributed by atoms with E-state index in [0.717, 1.165) is 10.2 Å². The molecule has 0 saturated heterocycles. The molecule has 1 heterocycles. The summed E-state index contributed by atoms with van der Waals surface area (Å²) in [6.07, 6.45) is 0. The summed E-state index contributed by atoms with van der Waals surface area (Å²) in [5, 5.41) is 4.35. The van der Waals surface area contributed by atoms with E-state index in [1.54, 1.807) is 12.1 Å². The van der Waals surface area contributed by atoms with Gasteiger partial charge in [0.2, 0.25) is 0 Å². The Hall–Kier alpha value is -1.85. The third-order valence-corrected chi connectivity index (χ3v) is 3.85. The molecule has 2 aromatic carbocycles. The van der Waals surface area contributed by atoms with Crippen LogP contribution in [0.4, 0.5) is 5.69 Å². The van der Waals surface area contributed by atoms with Crippen molar-refractivity contribution in [1.82, 2.24) is 9.97 Å². The van der Waals surface area contributed by atoms with Gasteiger partial charge in [-0.3, -0.25) is 4.79 Å². The lowest BCUT2D eigenvalue weighted by Gasteiger charge is -2.08. The van der Waals surface area contributed by atoms with Gasteiger partial charge in [-0.25, -0.2) is 4.98 Å². The van der Waals surface area contributed by atoms with E-state index in [1.165, 1.54) is 0 Å². The molecule has 0 radical (unpaired) electrons. The highest BCUT2D eigenvalue weighted by Gasteiger charge is 2.05.